The number of nitrogens with one attached hydrogen (secondary N) is 1. The third kappa shape index (κ3) is 4.82. The fourth-order valence-corrected chi connectivity index (χ4v) is 3.19. The van der Waals surface area contributed by atoms with Crippen LogP contribution in [-0.4, -0.2) is 29.8 Å². The van der Waals surface area contributed by atoms with Gasteiger partial charge in [-0.05, 0) is 55.2 Å². The molecular weight excluding hydrogens is 392 g/mol. The summed E-state index contributed by atoms with van der Waals surface area (Å²) in [5, 5.41) is 2.81. The summed E-state index contributed by atoms with van der Waals surface area (Å²) in [4.78, 5) is 27.3. The highest BCUT2D eigenvalue weighted by molar-refractivity contribution is 9.10. The highest BCUT2D eigenvalue weighted by Gasteiger charge is 2.22. The van der Waals surface area contributed by atoms with Crippen molar-refractivity contribution in [2.45, 2.75) is 19.3 Å². The van der Waals surface area contributed by atoms with Crippen LogP contribution in [0.4, 0.5) is 0 Å². The van der Waals surface area contributed by atoms with E-state index in [-0.39, 0.29) is 11.8 Å². The molecule has 1 saturated heterocycles. The third-order valence-electron chi connectivity index (χ3n) is 4.34. The van der Waals surface area contributed by atoms with Gasteiger partial charge in [0, 0.05) is 23.1 Å². The lowest BCUT2D eigenvalue weighted by atomic mass is 10.1. The van der Waals surface area contributed by atoms with E-state index in [4.69, 9.17) is 0 Å². The van der Waals surface area contributed by atoms with Crippen molar-refractivity contribution >= 4 is 33.8 Å². The summed E-state index contributed by atoms with van der Waals surface area (Å²) in [6.45, 7) is 1.47. The lowest BCUT2D eigenvalue weighted by Gasteiger charge is -2.27. The molecule has 0 aromatic heterocycles. The smallest absolute Gasteiger partial charge is 0.270 e. The number of hydrogen-bond donors (Lipinski definition) is 1. The van der Waals surface area contributed by atoms with Gasteiger partial charge in [0.15, 0.2) is 0 Å². The fourth-order valence-electron chi connectivity index (χ4n) is 2.93. The summed E-state index contributed by atoms with van der Waals surface area (Å²) >= 11 is 3.41. The van der Waals surface area contributed by atoms with Crippen LogP contribution in [0.25, 0.3) is 6.08 Å². The Morgan fingerprint density at radius 3 is 2.23 bits per heavy atom. The molecule has 0 radical (unpaired) electrons. The average molecular weight is 413 g/mol. The molecule has 2 aromatic carbocycles. The van der Waals surface area contributed by atoms with Crippen molar-refractivity contribution in [1.82, 2.24) is 10.2 Å². The van der Waals surface area contributed by atoms with E-state index in [0.717, 1.165) is 42.4 Å². The van der Waals surface area contributed by atoms with Gasteiger partial charge in [0.2, 0.25) is 0 Å². The number of nitrogens with zero attached hydrogens (tertiary/aromatic N) is 1. The Morgan fingerprint density at radius 1 is 0.923 bits per heavy atom. The molecule has 0 atom stereocenters. The van der Waals surface area contributed by atoms with Crippen molar-refractivity contribution in [3.63, 3.8) is 0 Å². The second kappa shape index (κ2) is 8.81. The number of halogens is 1. The average Bonchev–Trinajstić information content (AvgIpc) is 2.70. The first-order valence-corrected chi connectivity index (χ1v) is 9.56. The van der Waals surface area contributed by atoms with Gasteiger partial charge >= 0.3 is 0 Å². The molecule has 0 spiro atoms. The molecule has 4 nitrogen and oxygen atoms in total. The van der Waals surface area contributed by atoms with Gasteiger partial charge in [0.1, 0.15) is 5.70 Å². The molecule has 0 bridgehead atoms. The Kier molecular flexibility index (Phi) is 6.23. The van der Waals surface area contributed by atoms with Crippen molar-refractivity contribution in [3.05, 3.63) is 75.9 Å². The maximum atomic E-state index is 13.0. The number of benzene rings is 2. The summed E-state index contributed by atoms with van der Waals surface area (Å²) in [5.41, 5.74) is 1.70. The monoisotopic (exact) mass is 412 g/mol. The van der Waals surface area contributed by atoms with Gasteiger partial charge in [-0.3, -0.25) is 9.59 Å². The van der Waals surface area contributed by atoms with Gasteiger partial charge in [-0.2, -0.15) is 0 Å². The van der Waals surface area contributed by atoms with Crippen LogP contribution in [0.5, 0.6) is 0 Å². The van der Waals surface area contributed by atoms with Gasteiger partial charge < -0.3 is 10.2 Å². The van der Waals surface area contributed by atoms with Gasteiger partial charge in [-0.25, -0.2) is 0 Å². The summed E-state index contributed by atoms with van der Waals surface area (Å²) < 4.78 is 0.965. The van der Waals surface area contributed by atoms with Crippen molar-refractivity contribution < 1.29 is 9.59 Å². The lowest BCUT2D eigenvalue weighted by molar-refractivity contribution is -0.128. The van der Waals surface area contributed by atoms with Crippen LogP contribution in [-0.2, 0) is 4.79 Å². The molecule has 0 unspecified atom stereocenters. The van der Waals surface area contributed by atoms with E-state index < -0.39 is 0 Å². The van der Waals surface area contributed by atoms with E-state index in [1.165, 1.54) is 0 Å². The maximum Gasteiger partial charge on any atom is 0.270 e. The second-order valence-corrected chi connectivity index (χ2v) is 7.20. The Hall–Kier alpha value is -2.40. The zero-order valence-electron chi connectivity index (χ0n) is 14.5. The molecule has 1 aliphatic heterocycles. The van der Waals surface area contributed by atoms with Gasteiger partial charge in [-0.15, -0.1) is 0 Å². The Morgan fingerprint density at radius 2 is 1.58 bits per heavy atom. The maximum absolute atomic E-state index is 13.0. The number of amides is 2. The minimum absolute atomic E-state index is 0.128. The van der Waals surface area contributed by atoms with Crippen LogP contribution in [0.15, 0.2) is 64.8 Å². The Labute approximate surface area is 162 Å². The standard InChI is InChI=1S/C21H21BrN2O2/c22-18-11-9-16(10-12-18)15-19(21(26)24-13-5-2-6-14-24)23-20(25)17-7-3-1-4-8-17/h1,3-4,7-12,15H,2,5-6,13-14H2,(H,23,25)/b19-15-. The second-order valence-electron chi connectivity index (χ2n) is 6.28. The summed E-state index contributed by atoms with van der Waals surface area (Å²) in [6, 6.07) is 16.6. The topological polar surface area (TPSA) is 49.4 Å². The van der Waals surface area contributed by atoms with E-state index in [0.29, 0.717) is 11.3 Å². The SMILES string of the molecule is O=C(N/C(=C\c1ccc(Br)cc1)C(=O)N1CCCCC1)c1ccccc1. The molecule has 1 N–H and O–H groups in total. The van der Waals surface area contributed by atoms with Gasteiger partial charge in [0.25, 0.3) is 11.8 Å². The van der Waals surface area contributed by atoms with Crippen molar-refractivity contribution in [1.29, 1.82) is 0 Å². The molecule has 0 aliphatic carbocycles. The predicted octanol–water partition coefficient (Wildman–Crippen LogP) is 4.23. The van der Waals surface area contributed by atoms with E-state index >= 15 is 0 Å². The van der Waals surface area contributed by atoms with Crippen molar-refractivity contribution in [2.24, 2.45) is 0 Å². The number of carbonyl (C=O) groups is 2. The van der Waals surface area contributed by atoms with E-state index in [2.05, 4.69) is 21.2 Å². The molecule has 2 aromatic rings. The molecule has 2 amide bonds. The Balaban J connectivity index is 1.86. The van der Waals surface area contributed by atoms with E-state index in [1.54, 1.807) is 30.3 Å². The quantitative estimate of drug-likeness (QED) is 0.763. The first kappa shape index (κ1) is 18.4. The van der Waals surface area contributed by atoms with Crippen molar-refractivity contribution in [2.75, 3.05) is 13.1 Å². The molecular formula is C21H21BrN2O2. The molecule has 134 valence electrons. The summed E-state index contributed by atoms with van der Waals surface area (Å²) in [6.07, 6.45) is 4.89. The van der Waals surface area contributed by atoms with Crippen LogP contribution >= 0.6 is 15.9 Å². The number of piperidine rings is 1. The van der Waals surface area contributed by atoms with Gasteiger partial charge in [0.05, 0.1) is 0 Å². The van der Waals surface area contributed by atoms with Crippen molar-refractivity contribution in [3.8, 4) is 0 Å². The first-order chi connectivity index (χ1) is 12.6. The van der Waals surface area contributed by atoms with E-state index in [1.807, 2.05) is 35.2 Å². The van der Waals surface area contributed by atoms with Crippen LogP contribution < -0.4 is 5.32 Å². The molecule has 3 rings (SSSR count). The molecule has 1 aliphatic rings. The summed E-state index contributed by atoms with van der Waals surface area (Å²) in [5.74, 6) is -0.406. The lowest BCUT2D eigenvalue weighted by Crippen LogP contribution is -2.41. The largest absolute Gasteiger partial charge is 0.337 e. The highest BCUT2D eigenvalue weighted by atomic mass is 79.9. The number of rotatable bonds is 4. The minimum Gasteiger partial charge on any atom is -0.337 e. The molecule has 1 fully saturated rings. The Bertz CT molecular complexity index is 795. The molecule has 26 heavy (non-hydrogen) atoms. The molecule has 0 saturated carbocycles. The summed E-state index contributed by atoms with van der Waals surface area (Å²) in [7, 11) is 0. The third-order valence-corrected chi connectivity index (χ3v) is 4.87. The van der Waals surface area contributed by atoms with Gasteiger partial charge in [-0.1, -0.05) is 46.3 Å². The zero-order chi connectivity index (χ0) is 18.4. The normalized spacial score (nSPS) is 14.8. The highest BCUT2D eigenvalue weighted by Crippen LogP contribution is 2.16. The number of carbonyl (C=O) groups excluding carboxylic acids is 2. The first-order valence-electron chi connectivity index (χ1n) is 8.76. The minimum atomic E-state index is -0.278. The molecule has 1 heterocycles. The molecule has 5 heteroatoms. The number of hydrogen-bond acceptors (Lipinski definition) is 2. The fraction of sp³-hybridized carbons (Fsp3) is 0.238. The van der Waals surface area contributed by atoms with Crippen LogP contribution in [0.2, 0.25) is 0 Å². The van der Waals surface area contributed by atoms with E-state index in [9.17, 15) is 9.59 Å². The zero-order valence-corrected chi connectivity index (χ0v) is 16.0. The predicted molar refractivity (Wildman–Crippen MR) is 106 cm³/mol. The van der Waals surface area contributed by atoms with Crippen LogP contribution in [0, 0.1) is 0 Å². The van der Waals surface area contributed by atoms with Crippen LogP contribution in [0.3, 0.4) is 0 Å². The van der Waals surface area contributed by atoms with Crippen LogP contribution in [0.1, 0.15) is 35.2 Å². The number of likely N-dealkylation sites (tertiary alicyclic amines) is 1.